The van der Waals surface area contributed by atoms with Crippen molar-refractivity contribution in [2.45, 2.75) is 31.8 Å². The van der Waals surface area contributed by atoms with E-state index in [1.807, 2.05) is 0 Å². The molecule has 0 aliphatic carbocycles. The number of aliphatic hydroxyl groups excluding tert-OH is 1. The number of phenols is 3. The lowest BCUT2D eigenvalue weighted by Gasteiger charge is -2.49. The van der Waals surface area contributed by atoms with Gasteiger partial charge in [-0.1, -0.05) is 0 Å². The lowest BCUT2D eigenvalue weighted by molar-refractivity contribution is -0.255. The first-order valence-corrected chi connectivity index (χ1v) is 8.74. The normalized spacial score (nSPS) is 24.4. The standard InChI is InChI=1S/C20H20O9/c1-19-12-8(7-21)5-10(26-3)15(23)17(12)28-20(2,29-19)13-9(18(19)25)6-11(27-4)14(22)16(13)24/h5-6,21-24H,7H2,1-4H3/t19-,20-/m0/s1. The summed E-state index contributed by atoms with van der Waals surface area (Å²) in [5, 5.41) is 41.3. The lowest BCUT2D eigenvalue weighted by Crippen LogP contribution is -2.55. The molecule has 2 bridgehead atoms. The molecule has 2 aromatic rings. The van der Waals surface area contributed by atoms with Crippen LogP contribution in [0.5, 0.6) is 34.5 Å². The van der Waals surface area contributed by atoms with Gasteiger partial charge >= 0.3 is 0 Å². The van der Waals surface area contributed by atoms with E-state index < -0.39 is 35.3 Å². The topological polar surface area (TPSA) is 135 Å². The Bertz CT molecular complexity index is 1060. The van der Waals surface area contributed by atoms with Crippen molar-refractivity contribution >= 4 is 5.78 Å². The number of rotatable bonds is 3. The minimum absolute atomic E-state index is 0.0262. The van der Waals surface area contributed by atoms with E-state index in [1.54, 1.807) is 0 Å². The first kappa shape index (κ1) is 19.2. The molecule has 4 N–H and O–H groups in total. The molecule has 0 saturated heterocycles. The second-order valence-corrected chi connectivity index (χ2v) is 7.16. The van der Waals surface area contributed by atoms with Crippen molar-refractivity contribution in [3.63, 3.8) is 0 Å². The number of phenolic OH excluding ortho intramolecular Hbond substituents is 3. The summed E-state index contributed by atoms with van der Waals surface area (Å²) in [6.45, 7) is 2.46. The van der Waals surface area contributed by atoms with Gasteiger partial charge in [-0.05, 0) is 24.6 Å². The number of aromatic hydroxyl groups is 3. The number of Topliss-reactive ketones (excluding diaryl/α,β-unsaturated/α-hetero) is 1. The SMILES string of the molecule is COc1cc2c(c(O)c1O)[C@@]1(C)Oc3c(O)c(OC)cc(CO)c3[C@](C)(O1)C2=O. The van der Waals surface area contributed by atoms with Crippen LogP contribution in [0.3, 0.4) is 0 Å². The van der Waals surface area contributed by atoms with Crippen LogP contribution in [-0.2, 0) is 22.7 Å². The molecule has 2 aliphatic rings. The third-order valence-electron chi connectivity index (χ3n) is 5.46. The van der Waals surface area contributed by atoms with E-state index in [1.165, 1.54) is 40.2 Å². The van der Waals surface area contributed by atoms with E-state index in [2.05, 4.69) is 0 Å². The molecule has 2 aliphatic heterocycles. The summed E-state index contributed by atoms with van der Waals surface area (Å²) >= 11 is 0. The molecule has 9 heteroatoms. The molecule has 2 atom stereocenters. The molecule has 9 nitrogen and oxygen atoms in total. The highest BCUT2D eigenvalue weighted by Crippen LogP contribution is 2.60. The first-order valence-electron chi connectivity index (χ1n) is 8.74. The fourth-order valence-corrected chi connectivity index (χ4v) is 4.18. The molecule has 0 fully saturated rings. The van der Waals surface area contributed by atoms with E-state index in [4.69, 9.17) is 18.9 Å². The first-order chi connectivity index (χ1) is 13.6. The number of hydrogen-bond donors (Lipinski definition) is 4. The number of aliphatic hydroxyl groups is 1. The second-order valence-electron chi connectivity index (χ2n) is 7.16. The third kappa shape index (κ3) is 2.25. The zero-order valence-electron chi connectivity index (χ0n) is 16.2. The monoisotopic (exact) mass is 404 g/mol. The summed E-state index contributed by atoms with van der Waals surface area (Å²) in [6.07, 6.45) is 0. The Morgan fingerprint density at radius 3 is 2.17 bits per heavy atom. The highest BCUT2D eigenvalue weighted by atomic mass is 16.7. The molecule has 2 heterocycles. The molecule has 154 valence electrons. The molecule has 0 radical (unpaired) electrons. The van der Waals surface area contributed by atoms with E-state index in [9.17, 15) is 25.2 Å². The molecule has 29 heavy (non-hydrogen) atoms. The van der Waals surface area contributed by atoms with Gasteiger partial charge in [0.15, 0.2) is 34.4 Å². The predicted octanol–water partition coefficient (Wildman–Crippen LogP) is 2.01. The minimum Gasteiger partial charge on any atom is -0.504 e. The van der Waals surface area contributed by atoms with Crippen molar-refractivity contribution in [1.82, 2.24) is 0 Å². The number of carbonyl (C=O) groups excluding carboxylic acids is 1. The fraction of sp³-hybridized carbons (Fsp3) is 0.350. The molecule has 2 aromatic carbocycles. The van der Waals surface area contributed by atoms with Crippen molar-refractivity contribution in [3.8, 4) is 34.5 Å². The Morgan fingerprint density at radius 1 is 0.966 bits per heavy atom. The Hall–Kier alpha value is -3.17. The summed E-state index contributed by atoms with van der Waals surface area (Å²) < 4.78 is 22.1. The van der Waals surface area contributed by atoms with Crippen LogP contribution in [-0.4, -0.2) is 40.4 Å². The molecule has 4 rings (SSSR count). The van der Waals surface area contributed by atoms with Crippen molar-refractivity contribution in [3.05, 3.63) is 34.4 Å². The summed E-state index contributed by atoms with van der Waals surface area (Å²) in [7, 11) is 2.62. The van der Waals surface area contributed by atoms with Crippen molar-refractivity contribution in [2.75, 3.05) is 14.2 Å². The van der Waals surface area contributed by atoms with Gasteiger partial charge in [0, 0.05) is 18.1 Å². The maximum atomic E-state index is 13.5. The quantitative estimate of drug-likeness (QED) is 0.567. The number of carbonyl (C=O) groups is 1. The van der Waals surface area contributed by atoms with E-state index in [0.29, 0.717) is 0 Å². The van der Waals surface area contributed by atoms with Gasteiger partial charge in [0.25, 0.3) is 0 Å². The summed E-state index contributed by atoms with van der Waals surface area (Å²) in [5.74, 6) is -4.07. The predicted molar refractivity (Wildman–Crippen MR) is 97.7 cm³/mol. The van der Waals surface area contributed by atoms with Crippen molar-refractivity contribution in [1.29, 1.82) is 0 Å². The molecule has 0 unspecified atom stereocenters. The maximum absolute atomic E-state index is 13.5. The average molecular weight is 404 g/mol. The van der Waals surface area contributed by atoms with E-state index in [-0.39, 0.29) is 45.3 Å². The van der Waals surface area contributed by atoms with Gasteiger partial charge in [0.1, 0.15) is 0 Å². The number of benzene rings is 2. The van der Waals surface area contributed by atoms with Crippen molar-refractivity contribution in [2.24, 2.45) is 0 Å². The smallest absolute Gasteiger partial charge is 0.240 e. The Kier molecular flexibility index (Phi) is 3.91. The van der Waals surface area contributed by atoms with Crippen LogP contribution in [0.1, 0.15) is 40.9 Å². The minimum atomic E-state index is -1.74. The molecular formula is C20H20O9. The molecule has 0 saturated carbocycles. The Balaban J connectivity index is 2.10. The van der Waals surface area contributed by atoms with Gasteiger partial charge in [-0.25, -0.2) is 0 Å². The molecule has 0 aromatic heterocycles. The van der Waals surface area contributed by atoms with Gasteiger partial charge < -0.3 is 39.4 Å². The zero-order chi connectivity index (χ0) is 21.3. The highest BCUT2D eigenvalue weighted by Gasteiger charge is 2.59. The molecule has 0 spiro atoms. The average Bonchev–Trinajstić information content (AvgIpc) is 2.69. The number of ketones is 1. The van der Waals surface area contributed by atoms with Gasteiger partial charge in [0.05, 0.1) is 26.4 Å². The van der Waals surface area contributed by atoms with E-state index in [0.717, 1.165) is 0 Å². The molecular weight excluding hydrogens is 384 g/mol. The van der Waals surface area contributed by atoms with Crippen LogP contribution in [0, 0.1) is 0 Å². The fourth-order valence-electron chi connectivity index (χ4n) is 4.18. The summed E-state index contributed by atoms with van der Waals surface area (Å²) in [4.78, 5) is 13.5. The van der Waals surface area contributed by atoms with Crippen LogP contribution < -0.4 is 14.2 Å². The van der Waals surface area contributed by atoms with Crippen LogP contribution in [0.25, 0.3) is 0 Å². The zero-order valence-corrected chi connectivity index (χ0v) is 16.2. The number of hydrogen-bond acceptors (Lipinski definition) is 9. The lowest BCUT2D eigenvalue weighted by atomic mass is 9.76. The molecule has 0 amide bonds. The third-order valence-corrected chi connectivity index (χ3v) is 5.46. The largest absolute Gasteiger partial charge is 0.504 e. The second kappa shape index (κ2) is 5.91. The summed E-state index contributed by atoms with van der Waals surface area (Å²) in [5.41, 5.74) is -1.31. The van der Waals surface area contributed by atoms with Gasteiger partial charge in [-0.3, -0.25) is 4.79 Å². The van der Waals surface area contributed by atoms with Crippen LogP contribution >= 0.6 is 0 Å². The van der Waals surface area contributed by atoms with Gasteiger partial charge in [-0.15, -0.1) is 0 Å². The van der Waals surface area contributed by atoms with Gasteiger partial charge in [0.2, 0.25) is 17.3 Å². The van der Waals surface area contributed by atoms with Crippen LogP contribution in [0.2, 0.25) is 0 Å². The Morgan fingerprint density at radius 2 is 1.59 bits per heavy atom. The highest BCUT2D eigenvalue weighted by molar-refractivity contribution is 6.07. The number of methoxy groups -OCH3 is 2. The van der Waals surface area contributed by atoms with Crippen LogP contribution in [0.4, 0.5) is 0 Å². The maximum Gasteiger partial charge on any atom is 0.240 e. The number of fused-ring (bicyclic) bond motifs is 6. The van der Waals surface area contributed by atoms with Crippen LogP contribution in [0.15, 0.2) is 12.1 Å². The van der Waals surface area contributed by atoms with E-state index >= 15 is 0 Å². The number of ether oxygens (including phenoxy) is 4. The van der Waals surface area contributed by atoms with Crippen molar-refractivity contribution < 1.29 is 44.2 Å². The summed E-state index contributed by atoms with van der Waals surface area (Å²) in [6, 6.07) is 2.69. The van der Waals surface area contributed by atoms with Gasteiger partial charge in [-0.2, -0.15) is 0 Å². The Labute approximate surface area is 165 Å².